The smallest absolute Gasteiger partial charge is 0.147 e. The van der Waals surface area contributed by atoms with Crippen LogP contribution in [0.5, 0.6) is 0 Å². The van der Waals surface area contributed by atoms with E-state index in [2.05, 4.69) is 47.3 Å². The Balaban J connectivity index is 1.75. The predicted octanol–water partition coefficient (Wildman–Crippen LogP) is 7.24. The van der Waals surface area contributed by atoms with E-state index in [1.165, 1.54) is 50.1 Å². The highest BCUT2D eigenvalue weighted by Crippen LogP contribution is 2.59. The van der Waals surface area contributed by atoms with Crippen LogP contribution in [0, 0.1) is 23.2 Å². The van der Waals surface area contributed by atoms with E-state index in [0.717, 1.165) is 37.6 Å². The number of aldehydes is 1. The van der Waals surface area contributed by atoms with Crippen molar-refractivity contribution in [2.24, 2.45) is 23.2 Å². The number of carbonyl (C=O) groups is 1. The van der Waals surface area contributed by atoms with Crippen molar-refractivity contribution in [3.05, 3.63) is 11.6 Å². The molecule has 0 unspecified atom stereocenters. The molecule has 30 heavy (non-hydrogen) atoms. The summed E-state index contributed by atoms with van der Waals surface area (Å²) in [7, 11) is -1.03. The predicted molar refractivity (Wildman–Crippen MR) is 129 cm³/mol. The molecule has 0 bridgehead atoms. The van der Waals surface area contributed by atoms with E-state index in [9.17, 15) is 4.79 Å². The van der Waals surface area contributed by atoms with Crippen molar-refractivity contribution >= 4 is 14.4 Å². The normalized spacial score (nSPS) is 29.8. The summed E-state index contributed by atoms with van der Waals surface area (Å²) >= 11 is 0. The van der Waals surface area contributed by atoms with Gasteiger partial charge in [0.25, 0.3) is 0 Å². The highest BCUT2D eigenvalue weighted by Gasteiger charge is 2.50. The van der Waals surface area contributed by atoms with E-state index in [1.54, 1.807) is 0 Å². The lowest BCUT2D eigenvalue weighted by atomic mass is 9.60. The molecule has 0 spiro atoms. The molecule has 0 aromatic carbocycles. The molecule has 4 heteroatoms. The third-order valence-electron chi connectivity index (χ3n) is 7.97. The zero-order valence-corrected chi connectivity index (χ0v) is 21.9. The Bertz CT molecular complexity index is 577. The summed E-state index contributed by atoms with van der Waals surface area (Å²) < 4.78 is 11.8. The summed E-state index contributed by atoms with van der Waals surface area (Å²) in [6.07, 6.45) is 12.7. The summed E-state index contributed by atoms with van der Waals surface area (Å²) in [6.45, 7) is 17.7. The minimum absolute atomic E-state index is 0.119. The Morgan fingerprint density at radius 2 is 2.00 bits per heavy atom. The van der Waals surface area contributed by atoms with E-state index in [0.29, 0.717) is 18.1 Å². The molecule has 2 fully saturated rings. The van der Waals surface area contributed by atoms with E-state index in [4.69, 9.17) is 9.47 Å². The highest BCUT2D eigenvalue weighted by molar-refractivity contribution is 6.76. The molecule has 0 N–H and O–H groups in total. The van der Waals surface area contributed by atoms with Crippen LogP contribution in [-0.4, -0.2) is 33.4 Å². The Hall–Kier alpha value is -0.453. The van der Waals surface area contributed by atoms with E-state index in [1.807, 2.05) is 6.08 Å². The number of allylic oxidation sites excluding steroid dienone is 2. The van der Waals surface area contributed by atoms with Crippen LogP contribution in [0.3, 0.4) is 0 Å². The topological polar surface area (TPSA) is 35.5 Å². The maximum Gasteiger partial charge on any atom is 0.147 e. The van der Waals surface area contributed by atoms with Crippen LogP contribution < -0.4 is 0 Å². The van der Waals surface area contributed by atoms with Gasteiger partial charge in [-0.05, 0) is 87.7 Å². The van der Waals surface area contributed by atoms with Gasteiger partial charge in [-0.2, -0.15) is 0 Å². The standard InChI is InChI=1S/C26H48O3Si/c1-21(10-8-15-25(2,3)29-20-28-18-19-30(5,6)7)23-12-13-24-22(14-17-27)11-9-16-26(23,24)4/h14,17,21,23-24H,8-13,15-16,18-20H2,1-7H3/b22-14+/t21-,23-,24+,26-/m1/s1. The third-order valence-corrected chi connectivity index (χ3v) is 9.68. The Morgan fingerprint density at radius 3 is 2.67 bits per heavy atom. The maximum atomic E-state index is 11.1. The summed E-state index contributed by atoms with van der Waals surface area (Å²) in [6, 6.07) is 1.19. The number of hydrogen-bond donors (Lipinski definition) is 0. The van der Waals surface area contributed by atoms with Gasteiger partial charge in [-0.1, -0.05) is 51.9 Å². The van der Waals surface area contributed by atoms with Crippen LogP contribution in [0.25, 0.3) is 0 Å². The zero-order chi connectivity index (χ0) is 22.4. The molecule has 2 saturated carbocycles. The Labute approximate surface area is 187 Å². The molecule has 4 atom stereocenters. The van der Waals surface area contributed by atoms with Gasteiger partial charge in [-0.3, -0.25) is 4.79 Å². The SMILES string of the molecule is C[C@H](CCCC(C)(C)OCOCC[Si](C)(C)C)[C@H]1CC[C@H]2/C(=C/C=O)CCC[C@]12C. The second-order valence-electron chi connectivity index (χ2n) is 12.1. The first-order valence-electron chi connectivity index (χ1n) is 12.3. The van der Waals surface area contributed by atoms with Crippen LogP contribution >= 0.6 is 0 Å². The van der Waals surface area contributed by atoms with Crippen LogP contribution in [0.4, 0.5) is 0 Å². The largest absolute Gasteiger partial charge is 0.356 e. The molecule has 0 aliphatic heterocycles. The first-order chi connectivity index (χ1) is 14.0. The monoisotopic (exact) mass is 436 g/mol. The molecule has 0 aromatic rings. The molecule has 3 nitrogen and oxygen atoms in total. The van der Waals surface area contributed by atoms with Crippen molar-refractivity contribution in [1.82, 2.24) is 0 Å². The summed E-state index contributed by atoms with van der Waals surface area (Å²) in [5.41, 5.74) is 1.70. The molecule has 2 rings (SSSR count). The van der Waals surface area contributed by atoms with Gasteiger partial charge < -0.3 is 9.47 Å². The quantitative estimate of drug-likeness (QED) is 0.106. The fraction of sp³-hybridized carbons (Fsp3) is 0.885. The van der Waals surface area contributed by atoms with Crippen molar-refractivity contribution in [2.75, 3.05) is 13.4 Å². The second kappa shape index (κ2) is 10.9. The zero-order valence-electron chi connectivity index (χ0n) is 20.9. The maximum absolute atomic E-state index is 11.1. The lowest BCUT2D eigenvalue weighted by Crippen LogP contribution is -2.36. The molecule has 0 amide bonds. The molecule has 0 radical (unpaired) electrons. The Morgan fingerprint density at radius 1 is 1.27 bits per heavy atom. The van der Waals surface area contributed by atoms with Crippen molar-refractivity contribution in [3.63, 3.8) is 0 Å². The van der Waals surface area contributed by atoms with Crippen molar-refractivity contribution in [3.8, 4) is 0 Å². The average Bonchev–Trinajstić information content (AvgIpc) is 2.98. The van der Waals surface area contributed by atoms with Crippen LogP contribution in [0.1, 0.15) is 79.1 Å². The fourth-order valence-corrected chi connectivity index (χ4v) is 6.82. The van der Waals surface area contributed by atoms with Gasteiger partial charge >= 0.3 is 0 Å². The minimum atomic E-state index is -1.03. The minimum Gasteiger partial charge on any atom is -0.356 e. The molecule has 0 aromatic heterocycles. The number of carbonyl (C=O) groups excluding carboxylic acids is 1. The van der Waals surface area contributed by atoms with E-state index < -0.39 is 8.07 Å². The second-order valence-corrected chi connectivity index (χ2v) is 17.7. The lowest BCUT2D eigenvalue weighted by Gasteiger charge is -2.44. The van der Waals surface area contributed by atoms with Gasteiger partial charge in [0.2, 0.25) is 0 Å². The fourth-order valence-electron chi connectivity index (χ4n) is 6.06. The van der Waals surface area contributed by atoms with Crippen molar-refractivity contribution in [2.45, 2.75) is 110 Å². The first-order valence-corrected chi connectivity index (χ1v) is 16.1. The summed E-state index contributed by atoms with van der Waals surface area (Å²) in [5, 5.41) is 0. The molecule has 0 saturated heterocycles. The number of fused-ring (bicyclic) bond motifs is 1. The van der Waals surface area contributed by atoms with Crippen molar-refractivity contribution < 1.29 is 14.3 Å². The third kappa shape index (κ3) is 7.31. The highest BCUT2D eigenvalue weighted by atomic mass is 28.3. The lowest BCUT2D eigenvalue weighted by molar-refractivity contribution is -0.128. The molecule has 0 heterocycles. The summed E-state index contributed by atoms with van der Waals surface area (Å²) in [4.78, 5) is 11.1. The molecular formula is C26H48O3Si. The van der Waals surface area contributed by atoms with Crippen LogP contribution in [-0.2, 0) is 14.3 Å². The van der Waals surface area contributed by atoms with Gasteiger partial charge in [-0.15, -0.1) is 0 Å². The van der Waals surface area contributed by atoms with Gasteiger partial charge in [0.05, 0.1) is 5.60 Å². The summed E-state index contributed by atoms with van der Waals surface area (Å²) in [5.74, 6) is 2.16. The molecule has 2 aliphatic carbocycles. The molecular weight excluding hydrogens is 388 g/mol. The first kappa shape index (κ1) is 25.8. The number of ether oxygens (including phenoxy) is 2. The number of hydrogen-bond acceptors (Lipinski definition) is 3. The number of rotatable bonds is 12. The van der Waals surface area contributed by atoms with Crippen LogP contribution in [0.15, 0.2) is 11.6 Å². The van der Waals surface area contributed by atoms with Gasteiger partial charge in [0, 0.05) is 14.7 Å². The average molecular weight is 437 g/mol. The van der Waals surface area contributed by atoms with Crippen LogP contribution in [0.2, 0.25) is 25.7 Å². The van der Waals surface area contributed by atoms with Gasteiger partial charge in [0.1, 0.15) is 13.1 Å². The van der Waals surface area contributed by atoms with Gasteiger partial charge in [0.15, 0.2) is 0 Å². The Kier molecular flexibility index (Phi) is 9.39. The van der Waals surface area contributed by atoms with Crippen molar-refractivity contribution in [1.29, 1.82) is 0 Å². The van der Waals surface area contributed by atoms with E-state index >= 15 is 0 Å². The molecule has 174 valence electrons. The van der Waals surface area contributed by atoms with Gasteiger partial charge in [-0.25, -0.2) is 0 Å². The van der Waals surface area contributed by atoms with E-state index in [-0.39, 0.29) is 5.60 Å². The molecule has 2 aliphatic rings.